The van der Waals surface area contributed by atoms with Gasteiger partial charge in [0.1, 0.15) is 11.6 Å². The van der Waals surface area contributed by atoms with Gasteiger partial charge in [0.15, 0.2) is 0 Å². The molecule has 0 saturated carbocycles. The number of amides is 2. The third-order valence-electron chi connectivity index (χ3n) is 6.14. The minimum atomic E-state index is -0.476. The van der Waals surface area contributed by atoms with Crippen LogP contribution in [0.5, 0.6) is 0 Å². The Morgan fingerprint density at radius 2 is 1.97 bits per heavy atom. The molecule has 7 nitrogen and oxygen atoms in total. The van der Waals surface area contributed by atoms with Gasteiger partial charge in [-0.25, -0.2) is 9.37 Å². The van der Waals surface area contributed by atoms with Crippen LogP contribution in [-0.2, 0) is 5.41 Å². The van der Waals surface area contributed by atoms with Crippen LogP contribution >= 0.6 is 0 Å². The van der Waals surface area contributed by atoms with Crippen molar-refractivity contribution in [2.75, 3.05) is 25.0 Å². The number of aromatic amines is 1. The molecule has 2 aromatic heterocycles. The van der Waals surface area contributed by atoms with Gasteiger partial charge < -0.3 is 20.9 Å². The van der Waals surface area contributed by atoms with Crippen molar-refractivity contribution in [2.24, 2.45) is 0 Å². The van der Waals surface area contributed by atoms with E-state index in [1.165, 1.54) is 18.2 Å². The molecule has 0 aliphatic carbocycles. The topological polar surface area (TPSA) is 98.9 Å². The molecule has 1 saturated heterocycles. The van der Waals surface area contributed by atoms with Crippen LogP contribution in [0.1, 0.15) is 39.3 Å². The molecule has 4 heterocycles. The van der Waals surface area contributed by atoms with Gasteiger partial charge in [0.05, 0.1) is 5.56 Å². The second-order valence-corrected chi connectivity index (χ2v) is 8.08. The fourth-order valence-corrected chi connectivity index (χ4v) is 4.46. The van der Waals surface area contributed by atoms with Crippen molar-refractivity contribution < 1.29 is 14.0 Å². The number of carbonyl (C=O) groups is 2. The largest absolute Gasteiger partial charge is 0.357 e. The summed E-state index contributed by atoms with van der Waals surface area (Å²) < 4.78 is 13.4. The molecular weight excluding hydrogens is 397 g/mol. The lowest BCUT2D eigenvalue weighted by atomic mass is 9.73. The van der Waals surface area contributed by atoms with Gasteiger partial charge in [-0.2, -0.15) is 0 Å². The normalized spacial score (nSPS) is 17.1. The molecule has 1 fully saturated rings. The van der Waals surface area contributed by atoms with E-state index in [2.05, 4.69) is 25.9 Å². The predicted octanol–water partition coefficient (Wildman–Crippen LogP) is 2.83. The van der Waals surface area contributed by atoms with E-state index < -0.39 is 11.7 Å². The van der Waals surface area contributed by atoms with Gasteiger partial charge >= 0.3 is 0 Å². The van der Waals surface area contributed by atoms with Crippen molar-refractivity contribution in [2.45, 2.75) is 18.3 Å². The van der Waals surface area contributed by atoms with Gasteiger partial charge in [0, 0.05) is 40.7 Å². The first-order valence-corrected chi connectivity index (χ1v) is 10.3. The number of hydrogen-bond donors (Lipinski definition) is 4. The Labute approximate surface area is 178 Å². The summed E-state index contributed by atoms with van der Waals surface area (Å²) in [6, 6.07) is 10.9. The maximum absolute atomic E-state index is 13.4. The Bertz CT molecular complexity index is 1170. The van der Waals surface area contributed by atoms with E-state index in [4.69, 9.17) is 0 Å². The zero-order valence-corrected chi connectivity index (χ0v) is 16.8. The second kappa shape index (κ2) is 7.63. The number of piperidine rings is 1. The van der Waals surface area contributed by atoms with Crippen LogP contribution in [0.2, 0.25) is 0 Å². The Kier molecular flexibility index (Phi) is 4.78. The molecule has 1 spiro atoms. The number of aromatic nitrogens is 2. The summed E-state index contributed by atoms with van der Waals surface area (Å²) in [6.45, 7) is 2.45. The van der Waals surface area contributed by atoms with Gasteiger partial charge in [0.25, 0.3) is 11.8 Å². The summed E-state index contributed by atoms with van der Waals surface area (Å²) in [6.07, 6.45) is 3.49. The lowest BCUT2D eigenvalue weighted by Gasteiger charge is -2.40. The van der Waals surface area contributed by atoms with Crippen LogP contribution in [0.4, 0.5) is 10.2 Å². The monoisotopic (exact) mass is 419 g/mol. The van der Waals surface area contributed by atoms with E-state index >= 15 is 0 Å². The van der Waals surface area contributed by atoms with E-state index in [1.807, 2.05) is 12.1 Å². The minimum Gasteiger partial charge on any atom is -0.357 e. The highest BCUT2D eigenvalue weighted by Gasteiger charge is 2.42. The first kappa shape index (κ1) is 19.4. The lowest BCUT2D eigenvalue weighted by molar-refractivity contribution is 0.0913. The van der Waals surface area contributed by atoms with Crippen molar-refractivity contribution in [1.29, 1.82) is 0 Å². The molecule has 2 aliphatic heterocycles. The van der Waals surface area contributed by atoms with E-state index in [1.54, 1.807) is 18.3 Å². The molecular formula is C23H22FN5O2. The van der Waals surface area contributed by atoms with Crippen LogP contribution in [0.25, 0.3) is 11.3 Å². The highest BCUT2D eigenvalue weighted by molar-refractivity contribution is 6.04. The van der Waals surface area contributed by atoms with Crippen LogP contribution < -0.4 is 16.0 Å². The van der Waals surface area contributed by atoms with Gasteiger partial charge in [-0.05, 0) is 62.3 Å². The standard InChI is InChI=1S/C23H22FN5O2/c24-16-3-1-2-15(10-16)21(30)29-19-11-14(4-7-26-19)18-12-17-20(28-18)23(13-27-22(17)31)5-8-25-9-6-23/h1-4,7,10-12,25,28H,5-6,8-9,13H2,(H,27,31)(H,26,29,30). The van der Waals surface area contributed by atoms with Crippen LogP contribution in [0.15, 0.2) is 48.7 Å². The molecule has 8 heteroatoms. The Morgan fingerprint density at radius 1 is 1.13 bits per heavy atom. The molecule has 3 aromatic rings. The maximum atomic E-state index is 13.4. The fourth-order valence-electron chi connectivity index (χ4n) is 4.46. The summed E-state index contributed by atoms with van der Waals surface area (Å²) in [7, 11) is 0. The number of anilines is 1. The molecule has 0 atom stereocenters. The third-order valence-corrected chi connectivity index (χ3v) is 6.14. The van der Waals surface area contributed by atoms with E-state index in [9.17, 15) is 14.0 Å². The number of rotatable bonds is 3. The van der Waals surface area contributed by atoms with Gasteiger partial charge in [-0.1, -0.05) is 6.07 Å². The smallest absolute Gasteiger partial charge is 0.256 e. The summed E-state index contributed by atoms with van der Waals surface area (Å²) in [5.74, 6) is -0.643. The van der Waals surface area contributed by atoms with Crippen molar-refractivity contribution >= 4 is 17.6 Å². The van der Waals surface area contributed by atoms with Crippen molar-refractivity contribution in [3.8, 4) is 11.3 Å². The molecule has 5 rings (SSSR count). The quantitative estimate of drug-likeness (QED) is 0.525. The molecule has 1 aromatic carbocycles. The third kappa shape index (κ3) is 3.59. The summed E-state index contributed by atoms with van der Waals surface area (Å²) in [5.41, 5.74) is 3.38. The number of pyridine rings is 1. The first-order valence-electron chi connectivity index (χ1n) is 10.3. The number of carbonyl (C=O) groups excluding carboxylic acids is 2. The van der Waals surface area contributed by atoms with Gasteiger partial charge in [-0.15, -0.1) is 0 Å². The molecule has 0 radical (unpaired) electrons. The van der Waals surface area contributed by atoms with Crippen molar-refractivity contribution in [3.63, 3.8) is 0 Å². The Morgan fingerprint density at radius 3 is 2.77 bits per heavy atom. The minimum absolute atomic E-state index is 0.0738. The van der Waals surface area contributed by atoms with Gasteiger partial charge in [-0.3, -0.25) is 9.59 Å². The summed E-state index contributed by atoms with van der Waals surface area (Å²) in [4.78, 5) is 32.6. The van der Waals surface area contributed by atoms with Crippen molar-refractivity contribution in [1.82, 2.24) is 20.6 Å². The fraction of sp³-hybridized carbons (Fsp3) is 0.261. The highest BCUT2D eigenvalue weighted by Crippen LogP contribution is 2.39. The first-order chi connectivity index (χ1) is 15.0. The predicted molar refractivity (Wildman–Crippen MR) is 114 cm³/mol. The lowest BCUT2D eigenvalue weighted by Crippen LogP contribution is -2.51. The van der Waals surface area contributed by atoms with E-state index in [0.717, 1.165) is 42.9 Å². The Hall–Kier alpha value is -3.52. The molecule has 0 bridgehead atoms. The maximum Gasteiger partial charge on any atom is 0.256 e. The van der Waals surface area contributed by atoms with Gasteiger partial charge in [0.2, 0.25) is 0 Å². The van der Waals surface area contributed by atoms with Crippen LogP contribution in [-0.4, -0.2) is 41.4 Å². The summed E-state index contributed by atoms with van der Waals surface area (Å²) in [5, 5.41) is 9.12. The SMILES string of the molecule is O=C(Nc1cc(-c2cc3c([nH]2)C2(CCNCC2)CNC3=O)ccn1)c1cccc(F)c1. The number of nitrogens with zero attached hydrogens (tertiary/aromatic N) is 1. The molecule has 0 unspecified atom stereocenters. The molecule has 31 heavy (non-hydrogen) atoms. The highest BCUT2D eigenvalue weighted by atomic mass is 19.1. The second-order valence-electron chi connectivity index (χ2n) is 8.08. The van der Waals surface area contributed by atoms with E-state index in [0.29, 0.717) is 17.9 Å². The average molecular weight is 419 g/mol. The zero-order chi connectivity index (χ0) is 21.4. The number of H-pyrrole nitrogens is 1. The molecule has 158 valence electrons. The molecule has 2 amide bonds. The number of fused-ring (bicyclic) bond motifs is 2. The van der Waals surface area contributed by atoms with Crippen LogP contribution in [0.3, 0.4) is 0 Å². The number of nitrogens with one attached hydrogen (secondary N) is 4. The zero-order valence-electron chi connectivity index (χ0n) is 16.8. The number of hydrogen-bond acceptors (Lipinski definition) is 4. The number of benzene rings is 1. The average Bonchev–Trinajstić information content (AvgIpc) is 3.25. The number of halogens is 1. The van der Waals surface area contributed by atoms with Crippen molar-refractivity contribution in [3.05, 3.63) is 71.3 Å². The summed E-state index contributed by atoms with van der Waals surface area (Å²) >= 11 is 0. The van der Waals surface area contributed by atoms with E-state index in [-0.39, 0.29) is 16.9 Å². The molecule has 4 N–H and O–H groups in total. The molecule has 2 aliphatic rings. The Balaban J connectivity index is 1.45. The van der Waals surface area contributed by atoms with Crippen LogP contribution in [0, 0.1) is 5.82 Å².